The van der Waals surface area contributed by atoms with Crippen molar-refractivity contribution in [1.29, 1.82) is 0 Å². The molecule has 0 aliphatic carbocycles. The zero-order valence-corrected chi connectivity index (χ0v) is 21.5. The third-order valence-electron chi connectivity index (χ3n) is 5.92. The first-order valence-electron chi connectivity index (χ1n) is 11.6. The molecule has 1 saturated heterocycles. The van der Waals surface area contributed by atoms with Crippen LogP contribution in [-0.4, -0.2) is 78.2 Å². The largest absolute Gasteiger partial charge is 0.493 e. The van der Waals surface area contributed by atoms with Crippen molar-refractivity contribution in [3.8, 4) is 28.1 Å². The van der Waals surface area contributed by atoms with Gasteiger partial charge in [0.1, 0.15) is 29.4 Å². The zero-order valence-electron chi connectivity index (χ0n) is 20.7. The maximum Gasteiger partial charge on any atom is 0.320 e. The highest BCUT2D eigenvalue weighted by atomic mass is 32.1. The fourth-order valence-corrected chi connectivity index (χ4v) is 4.91. The van der Waals surface area contributed by atoms with Crippen molar-refractivity contribution in [2.75, 3.05) is 65.0 Å². The van der Waals surface area contributed by atoms with Crippen molar-refractivity contribution in [3.63, 3.8) is 0 Å². The Bertz CT molecular complexity index is 1130. The Labute approximate surface area is 209 Å². The number of aromatic nitrogens is 3. The molecular formula is C24H33N7O3S. The van der Waals surface area contributed by atoms with Crippen LogP contribution in [0.4, 0.5) is 11.6 Å². The van der Waals surface area contributed by atoms with Crippen LogP contribution in [0.3, 0.4) is 0 Å². The van der Waals surface area contributed by atoms with E-state index >= 15 is 0 Å². The fraction of sp³-hybridized carbons (Fsp3) is 0.458. The number of thiazole rings is 1. The molecule has 4 rings (SSSR count). The monoisotopic (exact) mass is 499 g/mol. The summed E-state index contributed by atoms with van der Waals surface area (Å²) in [5.74, 6) is 1.93. The highest BCUT2D eigenvalue weighted by molar-refractivity contribution is 7.15. The predicted octanol–water partition coefficient (Wildman–Crippen LogP) is 2.85. The number of piperazine rings is 1. The summed E-state index contributed by atoms with van der Waals surface area (Å²) in [6.07, 6.45) is -0.376. The molecule has 3 aromatic rings. The van der Waals surface area contributed by atoms with Crippen molar-refractivity contribution < 1.29 is 14.2 Å². The molecule has 0 bridgehead atoms. The van der Waals surface area contributed by atoms with E-state index in [1.807, 2.05) is 32.0 Å². The molecule has 10 nitrogen and oxygen atoms in total. The van der Waals surface area contributed by atoms with Crippen LogP contribution in [0, 0.1) is 6.92 Å². The minimum absolute atomic E-state index is 0.129. The lowest BCUT2D eigenvalue weighted by molar-refractivity contribution is 0.133. The molecule has 2 aromatic heterocycles. The molecule has 1 fully saturated rings. The number of hydrogen-bond acceptors (Lipinski definition) is 11. The first-order valence-corrected chi connectivity index (χ1v) is 12.4. The van der Waals surface area contributed by atoms with E-state index in [1.165, 1.54) is 6.07 Å². The molecule has 1 aliphatic heterocycles. The smallest absolute Gasteiger partial charge is 0.320 e. The van der Waals surface area contributed by atoms with Crippen molar-refractivity contribution in [2.45, 2.75) is 20.0 Å². The van der Waals surface area contributed by atoms with Crippen LogP contribution in [0.15, 0.2) is 24.3 Å². The van der Waals surface area contributed by atoms with Gasteiger partial charge in [0.15, 0.2) is 11.5 Å². The summed E-state index contributed by atoms with van der Waals surface area (Å²) in [5.41, 5.74) is 13.3. The highest BCUT2D eigenvalue weighted by Crippen LogP contribution is 2.36. The first-order chi connectivity index (χ1) is 16.8. The molecular weight excluding hydrogens is 466 g/mol. The summed E-state index contributed by atoms with van der Waals surface area (Å²) in [4.78, 5) is 18.8. The maximum atomic E-state index is 6.14. The lowest BCUT2D eigenvalue weighted by Crippen LogP contribution is -2.45. The molecule has 35 heavy (non-hydrogen) atoms. The van der Waals surface area contributed by atoms with Crippen LogP contribution in [0.5, 0.6) is 17.5 Å². The van der Waals surface area contributed by atoms with E-state index in [4.69, 9.17) is 30.7 Å². The van der Waals surface area contributed by atoms with Crippen LogP contribution in [0.25, 0.3) is 10.6 Å². The average molecular weight is 500 g/mol. The molecule has 0 spiro atoms. The van der Waals surface area contributed by atoms with E-state index in [9.17, 15) is 0 Å². The Hall–Kier alpha value is -3.15. The van der Waals surface area contributed by atoms with Crippen molar-refractivity contribution in [3.05, 3.63) is 34.8 Å². The lowest BCUT2D eigenvalue weighted by atomic mass is 10.2. The molecule has 1 unspecified atom stereocenters. The Morgan fingerprint density at radius 2 is 1.74 bits per heavy atom. The van der Waals surface area contributed by atoms with E-state index < -0.39 is 0 Å². The number of likely N-dealkylation sites (N-methyl/N-ethyl adjacent to an activating group) is 1. The fourth-order valence-electron chi connectivity index (χ4n) is 3.92. The van der Waals surface area contributed by atoms with E-state index in [2.05, 4.69) is 26.8 Å². The number of benzene rings is 1. The summed E-state index contributed by atoms with van der Waals surface area (Å²) in [7, 11) is 3.81. The van der Waals surface area contributed by atoms with Gasteiger partial charge < -0.3 is 30.6 Å². The Balaban J connectivity index is 1.46. The molecule has 188 valence electrons. The summed E-state index contributed by atoms with van der Waals surface area (Å²) >= 11 is 1.59. The van der Waals surface area contributed by atoms with Gasteiger partial charge in [-0.05, 0) is 39.1 Å². The molecule has 0 radical (unpaired) electrons. The van der Waals surface area contributed by atoms with Gasteiger partial charge in [-0.15, -0.1) is 11.3 Å². The number of hydrogen-bond donors (Lipinski definition) is 2. The van der Waals surface area contributed by atoms with Crippen molar-refractivity contribution in [1.82, 2.24) is 24.8 Å². The number of anilines is 2. The van der Waals surface area contributed by atoms with Crippen LogP contribution in [0.1, 0.15) is 23.6 Å². The van der Waals surface area contributed by atoms with Crippen LogP contribution in [-0.2, 0) is 0 Å². The van der Waals surface area contributed by atoms with Gasteiger partial charge in [0.2, 0.25) is 0 Å². The Kier molecular flexibility index (Phi) is 7.89. The molecule has 1 aromatic carbocycles. The minimum atomic E-state index is -0.376. The number of rotatable bonds is 9. The number of nitrogen functional groups attached to an aromatic ring is 2. The Morgan fingerprint density at radius 3 is 2.43 bits per heavy atom. The van der Waals surface area contributed by atoms with Crippen LogP contribution >= 0.6 is 11.3 Å². The molecule has 1 aliphatic rings. The summed E-state index contributed by atoms with van der Waals surface area (Å²) in [5, 5.41) is 0.868. The zero-order chi connectivity index (χ0) is 24.9. The van der Waals surface area contributed by atoms with Gasteiger partial charge in [0.05, 0.1) is 12.8 Å². The van der Waals surface area contributed by atoms with Gasteiger partial charge in [0, 0.05) is 49.2 Å². The molecule has 3 heterocycles. The maximum absolute atomic E-state index is 6.14. The van der Waals surface area contributed by atoms with Gasteiger partial charge in [0.25, 0.3) is 0 Å². The van der Waals surface area contributed by atoms with E-state index in [-0.39, 0.29) is 23.8 Å². The molecule has 4 N–H and O–H groups in total. The normalized spacial score (nSPS) is 15.7. The number of nitrogens with zero attached hydrogens (tertiary/aromatic N) is 5. The second-order valence-corrected chi connectivity index (χ2v) is 9.78. The van der Waals surface area contributed by atoms with Gasteiger partial charge in [-0.25, -0.2) is 4.98 Å². The summed E-state index contributed by atoms with van der Waals surface area (Å²) in [6.45, 7) is 9.69. The Morgan fingerprint density at radius 1 is 1.03 bits per heavy atom. The number of methoxy groups -OCH3 is 1. The second kappa shape index (κ2) is 11.1. The minimum Gasteiger partial charge on any atom is -0.493 e. The van der Waals surface area contributed by atoms with Crippen molar-refractivity contribution >= 4 is 23.0 Å². The molecule has 11 heteroatoms. The van der Waals surface area contributed by atoms with E-state index in [0.29, 0.717) is 18.1 Å². The van der Waals surface area contributed by atoms with Gasteiger partial charge in [-0.3, -0.25) is 4.90 Å². The van der Waals surface area contributed by atoms with Crippen molar-refractivity contribution in [2.24, 2.45) is 0 Å². The molecule has 0 amide bonds. The van der Waals surface area contributed by atoms with E-state index in [0.717, 1.165) is 53.9 Å². The highest BCUT2D eigenvalue weighted by Gasteiger charge is 2.20. The quantitative estimate of drug-likeness (QED) is 0.454. The first kappa shape index (κ1) is 25.0. The lowest BCUT2D eigenvalue weighted by Gasteiger charge is -2.32. The third kappa shape index (κ3) is 6.30. The molecule has 0 saturated carbocycles. The van der Waals surface area contributed by atoms with Gasteiger partial charge in [-0.2, -0.15) is 9.97 Å². The number of nitrogens with two attached hydrogens (primary N) is 2. The predicted molar refractivity (Wildman–Crippen MR) is 138 cm³/mol. The second-order valence-electron chi connectivity index (χ2n) is 8.58. The average Bonchev–Trinajstić information content (AvgIpc) is 3.21. The SMILES string of the molecule is COc1ccc(-c2nc(C(C)Oc3nc(N)cc(N)n3)c(C)s2)cc1OCCN1CCN(C)CC1. The topological polar surface area (TPSA) is 125 Å². The summed E-state index contributed by atoms with van der Waals surface area (Å²) < 4.78 is 17.5. The number of ether oxygens (including phenoxy) is 3. The van der Waals surface area contributed by atoms with Gasteiger partial charge in [-0.1, -0.05) is 0 Å². The number of aryl methyl sites for hydroxylation is 1. The van der Waals surface area contributed by atoms with Crippen LogP contribution < -0.4 is 25.7 Å². The third-order valence-corrected chi connectivity index (χ3v) is 6.95. The molecule has 1 atom stereocenters. The van der Waals surface area contributed by atoms with Crippen LogP contribution in [0.2, 0.25) is 0 Å². The summed E-state index contributed by atoms with van der Waals surface area (Å²) in [6, 6.07) is 7.50. The standard InChI is InChI=1S/C24H33N7O3S/c1-15(34-24-27-20(25)14-21(26)28-24)22-16(2)35-23(29-22)17-5-6-18(32-4)19(13-17)33-12-11-31-9-7-30(3)8-10-31/h5-6,13-15H,7-12H2,1-4H3,(H4,25,26,27,28). The van der Waals surface area contributed by atoms with E-state index in [1.54, 1.807) is 18.4 Å². The van der Waals surface area contributed by atoms with Gasteiger partial charge >= 0.3 is 6.01 Å².